The molecule has 3 rings (SSSR count). The standard InChI is InChI=1S/C20H26BrN3O3S/c1-23(15-6-4-3-5-7-15)18(25)13-28-20-22-17-9-8-14(21)12-16(17)19(26)24(20)10-11-27-2/h8-9,12,15H,3-7,10-11,13H2,1-2H3. The minimum Gasteiger partial charge on any atom is -0.383 e. The molecule has 0 aliphatic heterocycles. The molecule has 28 heavy (non-hydrogen) atoms. The van der Waals surface area contributed by atoms with Crippen LogP contribution in [0.2, 0.25) is 0 Å². The Bertz CT molecular complexity index is 896. The summed E-state index contributed by atoms with van der Waals surface area (Å²) in [4.78, 5) is 32.2. The summed E-state index contributed by atoms with van der Waals surface area (Å²) in [5.41, 5.74) is 0.524. The summed E-state index contributed by atoms with van der Waals surface area (Å²) in [6.07, 6.45) is 5.79. The highest BCUT2D eigenvalue weighted by atomic mass is 79.9. The normalized spacial score (nSPS) is 15.1. The number of aromatic nitrogens is 2. The molecule has 1 saturated carbocycles. The van der Waals surface area contributed by atoms with Gasteiger partial charge in [-0.15, -0.1) is 0 Å². The number of carbonyl (C=O) groups excluding carboxylic acids is 1. The van der Waals surface area contributed by atoms with Gasteiger partial charge < -0.3 is 9.64 Å². The van der Waals surface area contributed by atoms with E-state index in [0.717, 1.165) is 17.3 Å². The molecule has 0 N–H and O–H groups in total. The molecule has 1 heterocycles. The van der Waals surface area contributed by atoms with Gasteiger partial charge in [-0.1, -0.05) is 47.0 Å². The lowest BCUT2D eigenvalue weighted by Crippen LogP contribution is -2.39. The highest BCUT2D eigenvalue weighted by Crippen LogP contribution is 2.24. The van der Waals surface area contributed by atoms with Gasteiger partial charge in [0.05, 0.1) is 29.8 Å². The van der Waals surface area contributed by atoms with Crippen LogP contribution in [0.5, 0.6) is 0 Å². The van der Waals surface area contributed by atoms with Crippen LogP contribution >= 0.6 is 27.7 Å². The number of benzene rings is 1. The van der Waals surface area contributed by atoms with Gasteiger partial charge in [-0.2, -0.15) is 0 Å². The number of carbonyl (C=O) groups is 1. The third kappa shape index (κ3) is 4.96. The van der Waals surface area contributed by atoms with E-state index in [1.54, 1.807) is 17.7 Å². The molecule has 0 radical (unpaired) electrons. The Morgan fingerprint density at radius 3 is 2.82 bits per heavy atom. The number of halogens is 1. The second-order valence-electron chi connectivity index (χ2n) is 7.09. The van der Waals surface area contributed by atoms with Crippen molar-refractivity contribution in [2.24, 2.45) is 0 Å². The molecule has 0 bridgehead atoms. The van der Waals surface area contributed by atoms with Crippen LogP contribution in [-0.2, 0) is 16.1 Å². The Balaban J connectivity index is 1.81. The number of ether oxygens (including phenoxy) is 1. The van der Waals surface area contributed by atoms with E-state index in [2.05, 4.69) is 20.9 Å². The Labute approximate surface area is 177 Å². The highest BCUT2D eigenvalue weighted by Gasteiger charge is 2.22. The summed E-state index contributed by atoms with van der Waals surface area (Å²) < 4.78 is 7.60. The van der Waals surface area contributed by atoms with E-state index in [-0.39, 0.29) is 17.2 Å². The Kier molecular flexibility index (Phi) is 7.54. The average molecular weight is 468 g/mol. The minimum atomic E-state index is -0.112. The predicted octanol–water partition coefficient (Wildman–Crippen LogP) is 3.69. The zero-order valence-electron chi connectivity index (χ0n) is 16.3. The lowest BCUT2D eigenvalue weighted by Gasteiger charge is -2.31. The summed E-state index contributed by atoms with van der Waals surface area (Å²) in [7, 11) is 3.49. The Morgan fingerprint density at radius 1 is 1.36 bits per heavy atom. The van der Waals surface area contributed by atoms with Gasteiger partial charge in [-0.3, -0.25) is 14.2 Å². The summed E-state index contributed by atoms with van der Waals surface area (Å²) in [6, 6.07) is 5.80. The van der Waals surface area contributed by atoms with Gasteiger partial charge in [0.25, 0.3) is 5.56 Å². The quantitative estimate of drug-likeness (QED) is 0.458. The topological polar surface area (TPSA) is 64.4 Å². The van der Waals surface area contributed by atoms with E-state index in [9.17, 15) is 9.59 Å². The molecule has 0 unspecified atom stereocenters. The molecule has 0 saturated heterocycles. The highest BCUT2D eigenvalue weighted by molar-refractivity contribution is 9.10. The van der Waals surface area contributed by atoms with Gasteiger partial charge in [0.1, 0.15) is 0 Å². The van der Waals surface area contributed by atoms with Crippen LogP contribution in [-0.4, -0.2) is 52.9 Å². The van der Waals surface area contributed by atoms with E-state index in [0.29, 0.717) is 35.3 Å². The monoisotopic (exact) mass is 467 g/mol. The van der Waals surface area contributed by atoms with Gasteiger partial charge in [-0.05, 0) is 31.0 Å². The molecular weight excluding hydrogens is 442 g/mol. The van der Waals surface area contributed by atoms with E-state index >= 15 is 0 Å². The molecule has 0 atom stereocenters. The molecule has 1 fully saturated rings. The predicted molar refractivity (Wildman–Crippen MR) is 116 cm³/mol. The molecule has 2 aromatic rings. The molecule has 1 aliphatic rings. The molecule has 1 aromatic carbocycles. The third-order valence-electron chi connectivity index (χ3n) is 5.24. The van der Waals surface area contributed by atoms with Crippen LogP contribution in [0, 0.1) is 0 Å². The van der Waals surface area contributed by atoms with Crippen molar-refractivity contribution in [3.8, 4) is 0 Å². The van der Waals surface area contributed by atoms with E-state index in [1.165, 1.54) is 31.0 Å². The molecule has 152 valence electrons. The molecule has 8 heteroatoms. The first-order valence-corrected chi connectivity index (χ1v) is 11.4. The maximum atomic E-state index is 13.0. The number of nitrogens with zero attached hydrogens (tertiary/aromatic N) is 3. The first-order valence-electron chi connectivity index (χ1n) is 9.58. The fourth-order valence-corrected chi connectivity index (χ4v) is 4.87. The number of hydrogen-bond donors (Lipinski definition) is 0. The number of thioether (sulfide) groups is 1. The zero-order chi connectivity index (χ0) is 20.1. The fraction of sp³-hybridized carbons (Fsp3) is 0.550. The van der Waals surface area contributed by atoms with Crippen molar-refractivity contribution < 1.29 is 9.53 Å². The summed E-state index contributed by atoms with van der Waals surface area (Å²) in [5, 5.41) is 1.11. The molecule has 6 nitrogen and oxygen atoms in total. The number of methoxy groups -OCH3 is 1. The van der Waals surface area contributed by atoms with Crippen molar-refractivity contribution in [3.05, 3.63) is 33.0 Å². The van der Waals surface area contributed by atoms with Crippen molar-refractivity contribution in [2.45, 2.75) is 49.8 Å². The van der Waals surface area contributed by atoms with E-state index in [4.69, 9.17) is 4.74 Å². The van der Waals surface area contributed by atoms with Gasteiger partial charge in [0.15, 0.2) is 5.16 Å². The number of rotatable bonds is 7. The third-order valence-corrected chi connectivity index (χ3v) is 6.70. The van der Waals surface area contributed by atoms with Gasteiger partial charge >= 0.3 is 0 Å². The SMILES string of the molecule is COCCn1c(SCC(=O)N(C)C2CCCCC2)nc2ccc(Br)cc2c1=O. The van der Waals surface area contributed by atoms with Gasteiger partial charge in [-0.25, -0.2) is 4.98 Å². The van der Waals surface area contributed by atoms with Crippen molar-refractivity contribution in [1.82, 2.24) is 14.5 Å². The first-order chi connectivity index (χ1) is 13.5. The fourth-order valence-electron chi connectivity index (χ4n) is 3.56. The van der Waals surface area contributed by atoms with Crippen molar-refractivity contribution >= 4 is 44.5 Å². The van der Waals surface area contributed by atoms with Crippen LogP contribution in [0.1, 0.15) is 32.1 Å². The number of amides is 1. The van der Waals surface area contributed by atoms with E-state index < -0.39 is 0 Å². The maximum absolute atomic E-state index is 13.0. The molecule has 0 spiro atoms. The molecule has 1 aromatic heterocycles. The van der Waals surface area contributed by atoms with Crippen LogP contribution < -0.4 is 5.56 Å². The molecular formula is C20H26BrN3O3S. The average Bonchev–Trinajstić information content (AvgIpc) is 2.72. The zero-order valence-corrected chi connectivity index (χ0v) is 18.7. The number of fused-ring (bicyclic) bond motifs is 1. The lowest BCUT2D eigenvalue weighted by atomic mass is 9.94. The second kappa shape index (κ2) is 9.89. The summed E-state index contributed by atoms with van der Waals surface area (Å²) in [5.74, 6) is 0.356. The molecule has 1 aliphatic carbocycles. The van der Waals surface area contributed by atoms with E-state index in [1.807, 2.05) is 24.1 Å². The number of hydrogen-bond acceptors (Lipinski definition) is 5. The first kappa shape index (κ1) is 21.3. The smallest absolute Gasteiger partial charge is 0.262 e. The van der Waals surface area contributed by atoms with Crippen LogP contribution in [0.15, 0.2) is 32.6 Å². The van der Waals surface area contributed by atoms with Crippen molar-refractivity contribution in [2.75, 3.05) is 26.5 Å². The Morgan fingerprint density at radius 2 is 2.11 bits per heavy atom. The van der Waals surface area contributed by atoms with Gasteiger partial charge in [0, 0.05) is 24.7 Å². The van der Waals surface area contributed by atoms with Crippen molar-refractivity contribution in [1.29, 1.82) is 0 Å². The second-order valence-corrected chi connectivity index (χ2v) is 8.95. The summed E-state index contributed by atoms with van der Waals surface area (Å²) in [6.45, 7) is 0.810. The minimum absolute atomic E-state index is 0.0837. The Hall–Kier alpha value is -1.38. The lowest BCUT2D eigenvalue weighted by molar-refractivity contribution is -0.129. The van der Waals surface area contributed by atoms with Gasteiger partial charge in [0.2, 0.25) is 5.91 Å². The van der Waals surface area contributed by atoms with Crippen LogP contribution in [0.25, 0.3) is 10.9 Å². The van der Waals surface area contributed by atoms with Crippen molar-refractivity contribution in [3.63, 3.8) is 0 Å². The largest absolute Gasteiger partial charge is 0.383 e. The molecule has 1 amide bonds. The van der Waals surface area contributed by atoms with Crippen LogP contribution in [0.3, 0.4) is 0 Å². The maximum Gasteiger partial charge on any atom is 0.262 e. The summed E-state index contributed by atoms with van der Waals surface area (Å²) >= 11 is 4.73. The van der Waals surface area contributed by atoms with Crippen LogP contribution in [0.4, 0.5) is 0 Å².